The van der Waals surface area contributed by atoms with E-state index in [1.54, 1.807) is 13.8 Å². The topological polar surface area (TPSA) is 69.4 Å². The maximum atomic E-state index is 11.6. The summed E-state index contributed by atoms with van der Waals surface area (Å²) in [6.07, 6.45) is 2.76. The van der Waals surface area contributed by atoms with E-state index in [-0.39, 0.29) is 0 Å². The summed E-state index contributed by atoms with van der Waals surface area (Å²) >= 11 is 10.1. The van der Waals surface area contributed by atoms with Gasteiger partial charge in [0.05, 0.1) is 12.5 Å². The highest BCUT2D eigenvalue weighted by atomic mass is 32.1. The molecule has 1 atom stereocenters. The molecule has 0 aliphatic rings. The third kappa shape index (κ3) is 5.84. The molecule has 1 unspecified atom stereocenters. The van der Waals surface area contributed by atoms with Gasteiger partial charge >= 0.3 is 5.97 Å². The average molecular weight is 303 g/mol. The molecule has 0 amide bonds. The fraction of sp³-hybridized carbons (Fsp3) is 0.692. The first-order chi connectivity index (χ1) is 8.79. The summed E-state index contributed by atoms with van der Waals surface area (Å²) in [7, 11) is 1.26. The Hall–Kier alpha value is -0.720. The minimum atomic E-state index is -0.987. The van der Waals surface area contributed by atoms with Crippen LogP contribution in [0.15, 0.2) is 0 Å². The van der Waals surface area contributed by atoms with E-state index in [2.05, 4.69) is 4.74 Å². The maximum Gasteiger partial charge on any atom is 0.323 e. The molecule has 0 heterocycles. The summed E-state index contributed by atoms with van der Waals surface area (Å²) in [5, 5.41) is 0. The van der Waals surface area contributed by atoms with Crippen molar-refractivity contribution in [1.29, 1.82) is 0 Å². The van der Waals surface area contributed by atoms with Crippen molar-refractivity contribution in [1.82, 2.24) is 0 Å². The summed E-state index contributed by atoms with van der Waals surface area (Å²) in [5.41, 5.74) is 4.93. The largest absolute Gasteiger partial charge is 0.468 e. The Morgan fingerprint density at radius 1 is 1.26 bits per heavy atom. The van der Waals surface area contributed by atoms with Crippen molar-refractivity contribution in [3.63, 3.8) is 0 Å². The third-order valence-corrected chi connectivity index (χ3v) is 3.60. The lowest BCUT2D eigenvalue weighted by Crippen LogP contribution is -2.49. The lowest BCUT2D eigenvalue weighted by atomic mass is 9.73. The predicted octanol–water partition coefficient (Wildman–Crippen LogP) is 2.01. The van der Waals surface area contributed by atoms with Crippen LogP contribution in [0, 0.1) is 5.41 Å². The van der Waals surface area contributed by atoms with Crippen LogP contribution >= 0.6 is 24.4 Å². The van der Waals surface area contributed by atoms with Gasteiger partial charge in [-0.05, 0) is 49.3 Å². The molecule has 0 aromatic rings. The summed E-state index contributed by atoms with van der Waals surface area (Å²) in [6, 6.07) is -0.987. The van der Waals surface area contributed by atoms with E-state index in [4.69, 9.17) is 30.2 Å². The molecule has 0 radical (unpaired) electrons. The van der Waals surface area contributed by atoms with Gasteiger partial charge < -0.3 is 15.3 Å². The fourth-order valence-electron chi connectivity index (χ4n) is 1.81. The van der Waals surface area contributed by atoms with Crippen molar-refractivity contribution in [3.8, 4) is 0 Å². The van der Waals surface area contributed by atoms with Gasteiger partial charge in [-0.1, -0.05) is 24.4 Å². The first-order valence-corrected chi connectivity index (χ1v) is 6.89. The molecule has 0 spiro atoms. The second-order valence-electron chi connectivity index (χ2n) is 4.76. The van der Waals surface area contributed by atoms with Gasteiger partial charge in [0.2, 0.25) is 0 Å². The molecule has 0 aliphatic carbocycles. The smallest absolute Gasteiger partial charge is 0.323 e. The quantitative estimate of drug-likeness (QED) is 0.399. The third-order valence-electron chi connectivity index (χ3n) is 3.19. The standard InChI is InChI=1S/C13H21NO3S2/c1-9(18)4-6-13(8-15,7-5-10(2)19)11(14)12(16)17-3/h8,11H,4-7,14H2,1-3H3. The molecule has 0 fully saturated rings. The number of aldehydes is 1. The Morgan fingerprint density at radius 3 is 1.95 bits per heavy atom. The highest BCUT2D eigenvalue weighted by Crippen LogP contribution is 2.32. The number of carbonyl (C=O) groups is 2. The number of hydrogen-bond acceptors (Lipinski definition) is 6. The highest BCUT2D eigenvalue weighted by molar-refractivity contribution is 7.80. The van der Waals surface area contributed by atoms with E-state index in [1.807, 2.05) is 0 Å². The Bertz CT molecular complexity index is 351. The Morgan fingerprint density at radius 2 is 1.68 bits per heavy atom. The van der Waals surface area contributed by atoms with Crippen molar-refractivity contribution in [2.45, 2.75) is 45.6 Å². The van der Waals surface area contributed by atoms with Gasteiger partial charge in [-0.15, -0.1) is 0 Å². The average Bonchev–Trinajstić information content (AvgIpc) is 2.37. The van der Waals surface area contributed by atoms with E-state index in [0.29, 0.717) is 25.7 Å². The Kier molecular flexibility index (Phi) is 8.13. The summed E-state index contributed by atoms with van der Waals surface area (Å²) in [6.45, 7) is 3.61. The van der Waals surface area contributed by atoms with Crippen LogP contribution in [0.25, 0.3) is 0 Å². The Labute approximate surface area is 125 Å². The van der Waals surface area contributed by atoms with Crippen LogP contribution in [0.3, 0.4) is 0 Å². The monoisotopic (exact) mass is 303 g/mol. The number of hydrogen-bond donors (Lipinski definition) is 1. The van der Waals surface area contributed by atoms with Crippen LogP contribution < -0.4 is 5.73 Å². The molecular weight excluding hydrogens is 282 g/mol. The molecule has 0 aromatic carbocycles. The molecule has 0 aromatic heterocycles. The second-order valence-corrected chi connectivity index (χ2v) is 6.15. The lowest BCUT2D eigenvalue weighted by Gasteiger charge is -2.32. The van der Waals surface area contributed by atoms with Gasteiger partial charge in [0.15, 0.2) is 0 Å². The number of rotatable bonds is 9. The zero-order valence-electron chi connectivity index (χ0n) is 11.6. The number of ether oxygens (including phenoxy) is 1. The molecule has 4 nitrogen and oxygen atoms in total. The molecule has 108 valence electrons. The van der Waals surface area contributed by atoms with E-state index in [0.717, 1.165) is 16.0 Å². The van der Waals surface area contributed by atoms with E-state index in [1.165, 1.54) is 7.11 Å². The molecular formula is C13H21NO3S2. The second kappa shape index (κ2) is 8.45. The van der Waals surface area contributed by atoms with Crippen LogP contribution in [0.5, 0.6) is 0 Å². The zero-order valence-corrected chi connectivity index (χ0v) is 13.2. The first-order valence-electron chi connectivity index (χ1n) is 6.07. The van der Waals surface area contributed by atoms with E-state index < -0.39 is 17.4 Å². The van der Waals surface area contributed by atoms with Gasteiger partial charge in [0.25, 0.3) is 0 Å². The molecule has 2 N–H and O–H groups in total. The fourth-order valence-corrected chi connectivity index (χ4v) is 2.01. The molecule has 19 heavy (non-hydrogen) atoms. The summed E-state index contributed by atoms with van der Waals surface area (Å²) in [4.78, 5) is 24.7. The lowest BCUT2D eigenvalue weighted by molar-refractivity contribution is -0.147. The zero-order chi connectivity index (χ0) is 15.1. The van der Waals surface area contributed by atoms with Gasteiger partial charge in [0.1, 0.15) is 12.3 Å². The number of methoxy groups -OCH3 is 1. The van der Waals surface area contributed by atoms with Crippen LogP contribution in [0.2, 0.25) is 0 Å². The molecule has 0 rings (SSSR count). The highest BCUT2D eigenvalue weighted by Gasteiger charge is 2.41. The van der Waals surface area contributed by atoms with Gasteiger partial charge in [-0.25, -0.2) is 0 Å². The number of thiocarbonyl (C=S) groups is 2. The molecule has 6 heteroatoms. The van der Waals surface area contributed by atoms with E-state index >= 15 is 0 Å². The van der Waals surface area contributed by atoms with Crippen molar-refractivity contribution < 1.29 is 14.3 Å². The summed E-state index contributed by atoms with van der Waals surface area (Å²) in [5.74, 6) is -0.587. The molecule has 0 bridgehead atoms. The predicted molar refractivity (Wildman–Crippen MR) is 83.5 cm³/mol. The minimum absolute atomic E-state index is 0.435. The minimum Gasteiger partial charge on any atom is -0.468 e. The molecule has 0 saturated heterocycles. The number of carbonyl (C=O) groups excluding carboxylic acids is 2. The first kappa shape index (κ1) is 18.3. The van der Waals surface area contributed by atoms with E-state index in [9.17, 15) is 9.59 Å². The van der Waals surface area contributed by atoms with Crippen LogP contribution in [0.1, 0.15) is 39.5 Å². The van der Waals surface area contributed by atoms with Crippen molar-refractivity contribution >= 4 is 46.4 Å². The normalized spacial score (nSPS) is 12.6. The number of nitrogens with two attached hydrogens (primary N) is 1. The van der Waals surface area contributed by atoms with Crippen molar-refractivity contribution in [3.05, 3.63) is 0 Å². The maximum absolute atomic E-state index is 11.6. The van der Waals surface area contributed by atoms with Gasteiger partial charge in [-0.2, -0.15) is 0 Å². The van der Waals surface area contributed by atoms with Crippen LogP contribution in [-0.2, 0) is 14.3 Å². The summed E-state index contributed by atoms with van der Waals surface area (Å²) < 4.78 is 4.64. The van der Waals surface area contributed by atoms with Gasteiger partial charge in [-0.3, -0.25) is 4.79 Å². The van der Waals surface area contributed by atoms with Crippen LogP contribution in [-0.4, -0.2) is 35.1 Å². The van der Waals surface area contributed by atoms with Crippen LogP contribution in [0.4, 0.5) is 0 Å². The number of esters is 1. The van der Waals surface area contributed by atoms with Gasteiger partial charge in [0, 0.05) is 0 Å². The molecule has 0 saturated carbocycles. The van der Waals surface area contributed by atoms with Crippen molar-refractivity contribution in [2.24, 2.45) is 11.1 Å². The van der Waals surface area contributed by atoms with Crippen molar-refractivity contribution in [2.75, 3.05) is 7.11 Å². The Balaban J connectivity index is 5.13. The molecule has 0 aliphatic heterocycles. The SMILES string of the molecule is COC(=O)C(N)C(C=O)(CCC(C)=S)CCC(C)=S.